The fourth-order valence-electron chi connectivity index (χ4n) is 1.10. The fourth-order valence-corrected chi connectivity index (χ4v) is 1.21. The Labute approximate surface area is 80.8 Å². The number of nitrogens with zero attached hydrogens (tertiary/aromatic N) is 2. The Morgan fingerprint density at radius 1 is 1.23 bits per heavy atom. The number of aromatic nitrogens is 3. The third kappa shape index (κ3) is 1.70. The van der Waals surface area contributed by atoms with Crippen LogP contribution in [0.4, 0.5) is 0 Å². The second-order valence-electron chi connectivity index (χ2n) is 2.75. The first-order chi connectivity index (χ1) is 6.25. The van der Waals surface area contributed by atoms with E-state index in [1.54, 1.807) is 18.5 Å². The van der Waals surface area contributed by atoms with E-state index in [1.165, 1.54) is 0 Å². The van der Waals surface area contributed by atoms with Crippen molar-refractivity contribution in [3.63, 3.8) is 0 Å². The number of hydrogen-bond donors (Lipinski definition) is 1. The molecule has 2 heterocycles. The Morgan fingerprint density at radius 3 is 2.62 bits per heavy atom. The summed E-state index contributed by atoms with van der Waals surface area (Å²) in [5, 5.41) is 0.500. The Morgan fingerprint density at radius 2 is 2.08 bits per heavy atom. The van der Waals surface area contributed by atoms with E-state index < -0.39 is 0 Å². The fraction of sp³-hybridized carbons (Fsp3) is 0.111. The van der Waals surface area contributed by atoms with Gasteiger partial charge in [-0.2, -0.15) is 0 Å². The maximum Gasteiger partial charge on any atom is 0.129 e. The molecule has 0 aliphatic rings. The Kier molecular flexibility index (Phi) is 2.02. The topological polar surface area (TPSA) is 41.6 Å². The SMILES string of the molecule is Cc1ncc(-c2ccc(Cl)nc2)[nH]1. The molecule has 4 heteroatoms. The van der Waals surface area contributed by atoms with Gasteiger partial charge in [0.1, 0.15) is 11.0 Å². The summed E-state index contributed by atoms with van der Waals surface area (Å²) in [6.45, 7) is 1.91. The first-order valence-corrected chi connectivity index (χ1v) is 4.27. The molecule has 0 aromatic carbocycles. The number of halogens is 1. The minimum absolute atomic E-state index is 0.500. The van der Waals surface area contributed by atoms with Crippen molar-refractivity contribution < 1.29 is 0 Å². The molecule has 0 amide bonds. The van der Waals surface area contributed by atoms with E-state index in [0.29, 0.717) is 5.15 Å². The van der Waals surface area contributed by atoms with Crippen molar-refractivity contribution in [2.45, 2.75) is 6.92 Å². The van der Waals surface area contributed by atoms with Crippen LogP contribution in [0, 0.1) is 6.92 Å². The quantitative estimate of drug-likeness (QED) is 0.707. The molecular weight excluding hydrogens is 186 g/mol. The zero-order valence-electron chi connectivity index (χ0n) is 7.08. The Balaban J connectivity index is 2.41. The monoisotopic (exact) mass is 193 g/mol. The van der Waals surface area contributed by atoms with Crippen LogP contribution in [-0.2, 0) is 0 Å². The molecule has 3 nitrogen and oxygen atoms in total. The average molecular weight is 194 g/mol. The van der Waals surface area contributed by atoms with E-state index in [4.69, 9.17) is 11.6 Å². The van der Waals surface area contributed by atoms with Gasteiger partial charge in [0.15, 0.2) is 0 Å². The van der Waals surface area contributed by atoms with Gasteiger partial charge < -0.3 is 4.98 Å². The minimum atomic E-state index is 0.500. The molecular formula is C9H8ClN3. The van der Waals surface area contributed by atoms with E-state index in [0.717, 1.165) is 17.1 Å². The van der Waals surface area contributed by atoms with Gasteiger partial charge in [-0.1, -0.05) is 11.6 Å². The molecule has 0 aliphatic carbocycles. The van der Waals surface area contributed by atoms with Crippen LogP contribution in [0.3, 0.4) is 0 Å². The van der Waals surface area contributed by atoms with Crippen molar-refractivity contribution >= 4 is 11.6 Å². The van der Waals surface area contributed by atoms with Crippen LogP contribution in [0.5, 0.6) is 0 Å². The Bertz CT molecular complexity index is 405. The van der Waals surface area contributed by atoms with Gasteiger partial charge in [-0.25, -0.2) is 9.97 Å². The minimum Gasteiger partial charge on any atom is -0.342 e. The van der Waals surface area contributed by atoms with Crippen molar-refractivity contribution in [3.8, 4) is 11.3 Å². The molecule has 66 valence electrons. The van der Waals surface area contributed by atoms with Crippen molar-refractivity contribution in [1.29, 1.82) is 0 Å². The molecule has 2 rings (SSSR count). The number of aromatic amines is 1. The molecule has 0 unspecified atom stereocenters. The molecule has 0 saturated heterocycles. The number of imidazole rings is 1. The number of rotatable bonds is 1. The summed E-state index contributed by atoms with van der Waals surface area (Å²) >= 11 is 5.67. The molecule has 0 saturated carbocycles. The summed E-state index contributed by atoms with van der Waals surface area (Å²) in [6.07, 6.45) is 3.50. The second kappa shape index (κ2) is 3.18. The standard InChI is InChI=1S/C9H8ClN3/c1-6-11-5-8(13-6)7-2-3-9(10)12-4-7/h2-5H,1H3,(H,11,13). The van der Waals surface area contributed by atoms with Crippen LogP contribution < -0.4 is 0 Å². The first-order valence-electron chi connectivity index (χ1n) is 3.89. The molecule has 13 heavy (non-hydrogen) atoms. The third-order valence-electron chi connectivity index (χ3n) is 1.74. The lowest BCUT2D eigenvalue weighted by molar-refractivity contribution is 1.15. The van der Waals surface area contributed by atoms with Crippen LogP contribution >= 0.6 is 11.6 Å². The molecule has 0 fully saturated rings. The molecule has 1 N–H and O–H groups in total. The lowest BCUT2D eigenvalue weighted by Crippen LogP contribution is -1.80. The van der Waals surface area contributed by atoms with Gasteiger partial charge in [-0.05, 0) is 19.1 Å². The third-order valence-corrected chi connectivity index (χ3v) is 1.96. The van der Waals surface area contributed by atoms with Gasteiger partial charge in [0.25, 0.3) is 0 Å². The van der Waals surface area contributed by atoms with E-state index in [-0.39, 0.29) is 0 Å². The number of aryl methyl sites for hydroxylation is 1. The summed E-state index contributed by atoms with van der Waals surface area (Å²) in [5.41, 5.74) is 1.95. The molecule has 2 aromatic heterocycles. The summed E-state index contributed by atoms with van der Waals surface area (Å²) in [6, 6.07) is 3.66. The number of pyridine rings is 1. The lowest BCUT2D eigenvalue weighted by Gasteiger charge is -1.95. The predicted molar refractivity (Wildman–Crippen MR) is 51.6 cm³/mol. The summed E-state index contributed by atoms with van der Waals surface area (Å²) < 4.78 is 0. The van der Waals surface area contributed by atoms with Crippen LogP contribution in [0.1, 0.15) is 5.82 Å². The molecule has 0 aliphatic heterocycles. The molecule has 0 atom stereocenters. The predicted octanol–water partition coefficient (Wildman–Crippen LogP) is 2.43. The highest BCUT2D eigenvalue weighted by atomic mass is 35.5. The highest BCUT2D eigenvalue weighted by Gasteiger charge is 2.00. The Hall–Kier alpha value is -1.35. The van der Waals surface area contributed by atoms with E-state index in [1.807, 2.05) is 13.0 Å². The number of hydrogen-bond acceptors (Lipinski definition) is 2. The maximum absolute atomic E-state index is 5.67. The van der Waals surface area contributed by atoms with Gasteiger partial charge in [0, 0.05) is 11.8 Å². The van der Waals surface area contributed by atoms with Crippen molar-refractivity contribution in [2.75, 3.05) is 0 Å². The van der Waals surface area contributed by atoms with Gasteiger partial charge >= 0.3 is 0 Å². The van der Waals surface area contributed by atoms with E-state index in [2.05, 4.69) is 15.0 Å². The van der Waals surface area contributed by atoms with E-state index in [9.17, 15) is 0 Å². The van der Waals surface area contributed by atoms with Crippen molar-refractivity contribution in [3.05, 3.63) is 35.5 Å². The van der Waals surface area contributed by atoms with Gasteiger partial charge in [0.2, 0.25) is 0 Å². The van der Waals surface area contributed by atoms with Gasteiger partial charge in [-0.15, -0.1) is 0 Å². The molecule has 0 bridgehead atoms. The van der Waals surface area contributed by atoms with Crippen molar-refractivity contribution in [2.24, 2.45) is 0 Å². The average Bonchev–Trinajstić information content (AvgIpc) is 2.53. The summed E-state index contributed by atoms with van der Waals surface area (Å²) in [7, 11) is 0. The second-order valence-corrected chi connectivity index (χ2v) is 3.14. The van der Waals surface area contributed by atoms with Crippen LogP contribution in [0.25, 0.3) is 11.3 Å². The van der Waals surface area contributed by atoms with Gasteiger partial charge in [0.05, 0.1) is 11.9 Å². The lowest BCUT2D eigenvalue weighted by atomic mass is 10.2. The summed E-state index contributed by atoms with van der Waals surface area (Å²) in [5.74, 6) is 0.893. The smallest absolute Gasteiger partial charge is 0.129 e. The zero-order chi connectivity index (χ0) is 9.26. The summed E-state index contributed by atoms with van der Waals surface area (Å²) in [4.78, 5) is 11.2. The van der Waals surface area contributed by atoms with Gasteiger partial charge in [-0.3, -0.25) is 0 Å². The highest BCUT2D eigenvalue weighted by Crippen LogP contribution is 2.16. The largest absolute Gasteiger partial charge is 0.342 e. The van der Waals surface area contributed by atoms with Crippen LogP contribution in [-0.4, -0.2) is 15.0 Å². The number of nitrogens with one attached hydrogen (secondary N) is 1. The van der Waals surface area contributed by atoms with Crippen LogP contribution in [0.2, 0.25) is 5.15 Å². The number of H-pyrrole nitrogens is 1. The normalized spacial score (nSPS) is 10.3. The maximum atomic E-state index is 5.67. The zero-order valence-corrected chi connectivity index (χ0v) is 7.84. The van der Waals surface area contributed by atoms with Crippen molar-refractivity contribution in [1.82, 2.24) is 15.0 Å². The highest BCUT2D eigenvalue weighted by molar-refractivity contribution is 6.29. The molecule has 0 spiro atoms. The first kappa shape index (κ1) is 8.26. The molecule has 2 aromatic rings. The van der Waals surface area contributed by atoms with E-state index >= 15 is 0 Å². The molecule has 0 radical (unpaired) electrons. The van der Waals surface area contributed by atoms with Crippen LogP contribution in [0.15, 0.2) is 24.5 Å².